The van der Waals surface area contributed by atoms with Gasteiger partial charge in [-0.05, 0) is 18.2 Å². The van der Waals surface area contributed by atoms with Crippen molar-refractivity contribution in [3.8, 4) is 5.75 Å². The fourth-order valence-corrected chi connectivity index (χ4v) is 2.07. The molecule has 0 saturated carbocycles. The number of anilines is 1. The molecular weight excluding hydrogens is 344 g/mol. The second kappa shape index (κ2) is 9.92. The molecule has 0 radical (unpaired) electrons. The molecule has 0 unspecified atom stereocenters. The summed E-state index contributed by atoms with van der Waals surface area (Å²) in [7, 11) is 1.54. The number of rotatable bonds is 7. The van der Waals surface area contributed by atoms with E-state index >= 15 is 0 Å². The Balaban J connectivity index is 1.84. The Morgan fingerprint density at radius 1 is 1.23 bits per heavy atom. The molecule has 0 saturated heterocycles. The molecular formula is C17H19F2N5O2. The van der Waals surface area contributed by atoms with E-state index in [2.05, 4.69) is 30.7 Å². The summed E-state index contributed by atoms with van der Waals surface area (Å²) in [4.78, 5) is 19.8. The number of para-hydroxylation sites is 1. The maximum Gasteiger partial charge on any atom is 0.387 e. The molecule has 138 valence electrons. The van der Waals surface area contributed by atoms with Crippen LogP contribution in [-0.2, 0) is 11.3 Å². The van der Waals surface area contributed by atoms with Gasteiger partial charge in [0.05, 0.1) is 18.4 Å². The smallest absolute Gasteiger partial charge is 0.387 e. The molecule has 0 atom stereocenters. The van der Waals surface area contributed by atoms with Crippen molar-refractivity contribution in [1.29, 1.82) is 0 Å². The first-order valence-electron chi connectivity index (χ1n) is 7.75. The van der Waals surface area contributed by atoms with Crippen molar-refractivity contribution in [3.05, 3.63) is 54.4 Å². The lowest BCUT2D eigenvalue weighted by Crippen LogP contribution is -2.41. The van der Waals surface area contributed by atoms with Crippen molar-refractivity contribution in [2.75, 3.05) is 18.9 Å². The number of carbonyl (C=O) groups excluding carboxylic acids is 1. The lowest BCUT2D eigenvalue weighted by molar-refractivity contribution is -0.115. The Morgan fingerprint density at radius 2 is 2.04 bits per heavy atom. The van der Waals surface area contributed by atoms with Gasteiger partial charge in [0, 0.05) is 25.4 Å². The predicted octanol–water partition coefficient (Wildman–Crippen LogP) is 1.99. The molecule has 0 fully saturated rings. The number of aliphatic imine (C=N–C) groups is 1. The Hall–Kier alpha value is -3.23. The molecule has 1 aromatic carbocycles. The normalized spacial score (nSPS) is 11.2. The average Bonchev–Trinajstić information content (AvgIpc) is 2.63. The van der Waals surface area contributed by atoms with E-state index in [-0.39, 0.29) is 24.7 Å². The second-order valence-corrected chi connectivity index (χ2v) is 5.06. The molecule has 2 aromatic rings. The van der Waals surface area contributed by atoms with Crippen LogP contribution in [0.4, 0.5) is 14.5 Å². The summed E-state index contributed by atoms with van der Waals surface area (Å²) in [6, 6.07) is 9.87. The zero-order valence-electron chi connectivity index (χ0n) is 14.1. The number of hydrogen-bond donors (Lipinski definition) is 3. The molecule has 0 spiro atoms. The Kier molecular flexibility index (Phi) is 7.29. The zero-order valence-corrected chi connectivity index (χ0v) is 14.1. The van der Waals surface area contributed by atoms with Gasteiger partial charge in [-0.15, -0.1) is 0 Å². The number of halogens is 2. The van der Waals surface area contributed by atoms with Crippen LogP contribution in [0.3, 0.4) is 0 Å². The average molecular weight is 363 g/mol. The lowest BCUT2D eigenvalue weighted by Gasteiger charge is -2.14. The second-order valence-electron chi connectivity index (χ2n) is 5.06. The number of ether oxygens (including phenoxy) is 1. The van der Waals surface area contributed by atoms with Crippen LogP contribution in [0.25, 0.3) is 0 Å². The first-order valence-corrected chi connectivity index (χ1v) is 7.75. The van der Waals surface area contributed by atoms with Crippen LogP contribution in [-0.4, -0.2) is 37.1 Å². The van der Waals surface area contributed by atoms with Crippen molar-refractivity contribution in [2.24, 2.45) is 4.99 Å². The third-order valence-electron chi connectivity index (χ3n) is 3.22. The monoisotopic (exact) mass is 363 g/mol. The van der Waals surface area contributed by atoms with E-state index < -0.39 is 6.61 Å². The van der Waals surface area contributed by atoms with E-state index in [1.54, 1.807) is 36.5 Å². The number of hydrogen-bond acceptors (Lipinski definition) is 4. The molecule has 0 aliphatic carbocycles. The SMILES string of the molecule is CN=C(NCC(=O)Nc1cccnc1)NCc1ccccc1OC(F)F. The number of pyridine rings is 1. The zero-order chi connectivity index (χ0) is 18.8. The fraction of sp³-hybridized carbons (Fsp3) is 0.235. The highest BCUT2D eigenvalue weighted by molar-refractivity contribution is 5.94. The Labute approximate surface area is 149 Å². The number of nitrogens with one attached hydrogen (secondary N) is 3. The number of amides is 1. The standard InChI is InChI=1S/C17H19F2N5O2/c1-20-17(23-11-15(25)24-13-6-4-8-21-10-13)22-9-12-5-2-3-7-14(12)26-16(18)19/h2-8,10,16H,9,11H2,1H3,(H,24,25)(H2,20,22,23). The van der Waals surface area contributed by atoms with Gasteiger partial charge < -0.3 is 20.7 Å². The van der Waals surface area contributed by atoms with Gasteiger partial charge in [-0.2, -0.15) is 8.78 Å². The number of guanidine groups is 1. The van der Waals surface area contributed by atoms with Crippen LogP contribution in [0.5, 0.6) is 5.75 Å². The number of carbonyl (C=O) groups is 1. The Bertz CT molecular complexity index is 741. The molecule has 26 heavy (non-hydrogen) atoms. The molecule has 3 N–H and O–H groups in total. The number of alkyl halides is 2. The minimum absolute atomic E-state index is 0.0241. The van der Waals surface area contributed by atoms with E-state index in [1.165, 1.54) is 19.3 Å². The summed E-state index contributed by atoms with van der Waals surface area (Å²) in [6.45, 7) is -2.72. The highest BCUT2D eigenvalue weighted by Crippen LogP contribution is 2.19. The molecule has 1 amide bonds. The summed E-state index contributed by atoms with van der Waals surface area (Å²) < 4.78 is 29.3. The summed E-state index contributed by atoms with van der Waals surface area (Å²) >= 11 is 0. The number of nitrogens with zero attached hydrogens (tertiary/aromatic N) is 2. The summed E-state index contributed by atoms with van der Waals surface area (Å²) in [6.07, 6.45) is 3.14. The largest absolute Gasteiger partial charge is 0.434 e. The van der Waals surface area contributed by atoms with E-state index in [1.807, 2.05) is 0 Å². The van der Waals surface area contributed by atoms with Crippen molar-refractivity contribution >= 4 is 17.6 Å². The van der Waals surface area contributed by atoms with Crippen LogP contribution in [0.15, 0.2) is 53.8 Å². The van der Waals surface area contributed by atoms with Crippen LogP contribution in [0, 0.1) is 0 Å². The molecule has 9 heteroatoms. The van der Waals surface area contributed by atoms with Gasteiger partial charge in [0.1, 0.15) is 5.75 Å². The van der Waals surface area contributed by atoms with Gasteiger partial charge in [-0.3, -0.25) is 14.8 Å². The Morgan fingerprint density at radius 3 is 2.73 bits per heavy atom. The van der Waals surface area contributed by atoms with E-state index in [0.717, 1.165) is 0 Å². The van der Waals surface area contributed by atoms with Gasteiger partial charge >= 0.3 is 6.61 Å². The third kappa shape index (κ3) is 6.34. The quantitative estimate of drug-likeness (QED) is 0.517. The predicted molar refractivity (Wildman–Crippen MR) is 94.1 cm³/mol. The van der Waals surface area contributed by atoms with Crippen molar-refractivity contribution in [2.45, 2.75) is 13.2 Å². The summed E-state index contributed by atoms with van der Waals surface area (Å²) in [5, 5.41) is 8.45. The highest BCUT2D eigenvalue weighted by atomic mass is 19.3. The topological polar surface area (TPSA) is 87.6 Å². The van der Waals surface area contributed by atoms with E-state index in [9.17, 15) is 13.6 Å². The first-order chi connectivity index (χ1) is 12.6. The fourth-order valence-electron chi connectivity index (χ4n) is 2.07. The maximum absolute atomic E-state index is 12.4. The molecule has 0 aliphatic rings. The van der Waals surface area contributed by atoms with Crippen molar-refractivity contribution in [1.82, 2.24) is 15.6 Å². The molecule has 0 bridgehead atoms. The molecule has 7 nitrogen and oxygen atoms in total. The van der Waals surface area contributed by atoms with Crippen molar-refractivity contribution < 1.29 is 18.3 Å². The van der Waals surface area contributed by atoms with E-state index in [4.69, 9.17) is 0 Å². The molecule has 2 rings (SSSR count). The minimum Gasteiger partial charge on any atom is -0.434 e. The van der Waals surface area contributed by atoms with Crippen LogP contribution >= 0.6 is 0 Å². The minimum atomic E-state index is -2.90. The van der Waals surface area contributed by atoms with Crippen LogP contribution in [0.1, 0.15) is 5.56 Å². The summed E-state index contributed by atoms with van der Waals surface area (Å²) in [5.74, 6) is 0.153. The van der Waals surface area contributed by atoms with Gasteiger partial charge in [-0.25, -0.2) is 0 Å². The van der Waals surface area contributed by atoms with Crippen LogP contribution < -0.4 is 20.7 Å². The van der Waals surface area contributed by atoms with Crippen molar-refractivity contribution in [3.63, 3.8) is 0 Å². The van der Waals surface area contributed by atoms with Gasteiger partial charge in [-0.1, -0.05) is 18.2 Å². The third-order valence-corrected chi connectivity index (χ3v) is 3.22. The van der Waals surface area contributed by atoms with Gasteiger partial charge in [0.2, 0.25) is 5.91 Å². The molecule has 1 heterocycles. The molecule has 1 aromatic heterocycles. The van der Waals surface area contributed by atoms with Gasteiger partial charge in [0.15, 0.2) is 5.96 Å². The highest BCUT2D eigenvalue weighted by Gasteiger charge is 2.10. The summed E-state index contributed by atoms with van der Waals surface area (Å²) in [5.41, 5.74) is 1.12. The number of aromatic nitrogens is 1. The van der Waals surface area contributed by atoms with Gasteiger partial charge in [0.25, 0.3) is 0 Å². The van der Waals surface area contributed by atoms with E-state index in [0.29, 0.717) is 17.2 Å². The first kappa shape index (κ1) is 19.1. The maximum atomic E-state index is 12.4. The lowest BCUT2D eigenvalue weighted by atomic mass is 10.2. The number of benzene rings is 1. The van der Waals surface area contributed by atoms with Crippen LogP contribution in [0.2, 0.25) is 0 Å². The molecule has 0 aliphatic heterocycles.